The molecular weight excluding hydrogens is 322 g/mol. The lowest BCUT2D eigenvalue weighted by Gasteiger charge is -2.43. The Kier molecular flexibility index (Phi) is 4.91. The van der Waals surface area contributed by atoms with Crippen LogP contribution >= 0.6 is 0 Å². The molecule has 26 heavy (non-hydrogen) atoms. The van der Waals surface area contributed by atoms with E-state index in [0.29, 0.717) is 0 Å². The zero-order valence-corrected chi connectivity index (χ0v) is 15.2. The number of aromatic nitrogens is 1. The van der Waals surface area contributed by atoms with Crippen molar-refractivity contribution in [1.29, 1.82) is 0 Å². The monoisotopic (exact) mass is 349 g/mol. The van der Waals surface area contributed by atoms with Crippen LogP contribution in [-0.2, 0) is 10.2 Å². The summed E-state index contributed by atoms with van der Waals surface area (Å²) < 4.78 is 0. The maximum Gasteiger partial charge on any atom is 0.224 e. The predicted molar refractivity (Wildman–Crippen MR) is 104 cm³/mol. The molecule has 0 unspecified atom stereocenters. The number of hydrogen-bond acceptors (Lipinski definition) is 3. The van der Waals surface area contributed by atoms with E-state index < -0.39 is 0 Å². The molecule has 1 aromatic heterocycles. The van der Waals surface area contributed by atoms with E-state index in [1.54, 1.807) is 0 Å². The number of piperidine rings is 1. The molecule has 1 N–H and O–H groups in total. The summed E-state index contributed by atoms with van der Waals surface area (Å²) >= 11 is 0. The van der Waals surface area contributed by atoms with Crippen LogP contribution in [-0.4, -0.2) is 30.5 Å². The van der Waals surface area contributed by atoms with Crippen LogP contribution in [0.5, 0.6) is 0 Å². The number of carbonyl (C=O) groups is 1. The van der Waals surface area contributed by atoms with Crippen LogP contribution in [0.2, 0.25) is 0 Å². The molecule has 1 aliphatic carbocycles. The maximum atomic E-state index is 12.8. The highest BCUT2D eigenvalue weighted by atomic mass is 16.1. The number of amides is 1. The summed E-state index contributed by atoms with van der Waals surface area (Å²) in [5, 5.41) is 3.28. The van der Waals surface area contributed by atoms with Gasteiger partial charge in [0, 0.05) is 31.2 Å². The summed E-state index contributed by atoms with van der Waals surface area (Å²) in [5.41, 5.74) is 1.51. The average Bonchev–Trinajstić information content (AvgIpc) is 2.69. The third kappa shape index (κ3) is 3.46. The average molecular weight is 349 g/mol. The predicted octanol–water partition coefficient (Wildman–Crippen LogP) is 3.54. The Labute approximate surface area is 155 Å². The fourth-order valence-corrected chi connectivity index (χ4v) is 4.30. The van der Waals surface area contributed by atoms with Gasteiger partial charge in [0.15, 0.2) is 0 Å². The molecule has 2 aliphatic rings. The first kappa shape index (κ1) is 17.1. The standard InChI is InChI=1S/C22H27N3O/c26-21(18-8-6-15-25(16-18)20-11-4-5-14-23-20)24-17-22(12-7-13-22)19-9-2-1-3-10-19/h1-5,9-11,14,18H,6-8,12-13,15-17H2,(H,24,26)/t18-/m0/s1. The molecule has 1 saturated carbocycles. The van der Waals surface area contributed by atoms with Gasteiger partial charge in [-0.2, -0.15) is 0 Å². The largest absolute Gasteiger partial charge is 0.356 e. The van der Waals surface area contributed by atoms with Gasteiger partial charge in [0.05, 0.1) is 5.92 Å². The van der Waals surface area contributed by atoms with E-state index in [1.807, 2.05) is 24.4 Å². The molecule has 1 atom stereocenters. The van der Waals surface area contributed by atoms with Gasteiger partial charge in [-0.3, -0.25) is 4.79 Å². The van der Waals surface area contributed by atoms with Crippen molar-refractivity contribution < 1.29 is 4.79 Å². The van der Waals surface area contributed by atoms with Gasteiger partial charge in [0.2, 0.25) is 5.91 Å². The summed E-state index contributed by atoms with van der Waals surface area (Å²) in [7, 11) is 0. The molecule has 1 amide bonds. The summed E-state index contributed by atoms with van der Waals surface area (Å²) in [4.78, 5) is 19.5. The molecule has 0 spiro atoms. The van der Waals surface area contributed by atoms with Crippen LogP contribution in [0.3, 0.4) is 0 Å². The molecule has 1 saturated heterocycles. The Balaban J connectivity index is 1.37. The van der Waals surface area contributed by atoms with E-state index in [2.05, 4.69) is 45.5 Å². The second-order valence-corrected chi connectivity index (χ2v) is 7.69. The Hall–Kier alpha value is -2.36. The van der Waals surface area contributed by atoms with Crippen LogP contribution in [0.15, 0.2) is 54.7 Å². The van der Waals surface area contributed by atoms with Crippen molar-refractivity contribution in [2.24, 2.45) is 5.92 Å². The molecule has 4 heteroatoms. The van der Waals surface area contributed by atoms with Gasteiger partial charge in [-0.15, -0.1) is 0 Å². The van der Waals surface area contributed by atoms with Gasteiger partial charge in [0.25, 0.3) is 0 Å². The van der Waals surface area contributed by atoms with Crippen LogP contribution in [0.25, 0.3) is 0 Å². The van der Waals surface area contributed by atoms with E-state index in [4.69, 9.17) is 0 Å². The van der Waals surface area contributed by atoms with Gasteiger partial charge in [0.1, 0.15) is 5.82 Å². The van der Waals surface area contributed by atoms with Crippen molar-refractivity contribution in [3.8, 4) is 0 Å². The van der Waals surface area contributed by atoms with Crippen molar-refractivity contribution in [3.63, 3.8) is 0 Å². The SMILES string of the molecule is O=C(NCC1(c2ccccc2)CCC1)[C@H]1CCCN(c2ccccn2)C1. The maximum absolute atomic E-state index is 12.8. The van der Waals surface area contributed by atoms with Crippen molar-refractivity contribution in [1.82, 2.24) is 10.3 Å². The van der Waals surface area contributed by atoms with E-state index in [0.717, 1.165) is 38.3 Å². The van der Waals surface area contributed by atoms with Crippen LogP contribution < -0.4 is 10.2 Å². The molecule has 1 aromatic carbocycles. The van der Waals surface area contributed by atoms with Gasteiger partial charge in [-0.25, -0.2) is 4.98 Å². The molecule has 2 heterocycles. The lowest BCUT2D eigenvalue weighted by Crippen LogP contribution is -2.49. The van der Waals surface area contributed by atoms with E-state index in [1.165, 1.54) is 24.8 Å². The second kappa shape index (κ2) is 7.48. The first-order chi connectivity index (χ1) is 12.8. The lowest BCUT2D eigenvalue weighted by atomic mass is 9.64. The van der Waals surface area contributed by atoms with Gasteiger partial charge in [-0.05, 0) is 43.4 Å². The quantitative estimate of drug-likeness (QED) is 0.898. The first-order valence-corrected chi connectivity index (χ1v) is 9.76. The van der Waals surface area contributed by atoms with Gasteiger partial charge >= 0.3 is 0 Å². The molecule has 4 rings (SSSR count). The van der Waals surface area contributed by atoms with Gasteiger partial charge in [-0.1, -0.05) is 42.8 Å². The highest BCUT2D eigenvalue weighted by Crippen LogP contribution is 2.43. The number of carbonyl (C=O) groups excluding carboxylic acids is 1. The molecular formula is C22H27N3O. The van der Waals surface area contributed by atoms with Crippen molar-refractivity contribution >= 4 is 11.7 Å². The third-order valence-corrected chi connectivity index (χ3v) is 6.06. The van der Waals surface area contributed by atoms with E-state index >= 15 is 0 Å². The van der Waals surface area contributed by atoms with Crippen LogP contribution in [0.1, 0.15) is 37.7 Å². The van der Waals surface area contributed by atoms with Crippen LogP contribution in [0, 0.1) is 5.92 Å². The van der Waals surface area contributed by atoms with Crippen molar-refractivity contribution in [2.75, 3.05) is 24.5 Å². The Bertz CT molecular complexity index is 728. The number of hydrogen-bond donors (Lipinski definition) is 1. The number of pyridine rings is 1. The smallest absolute Gasteiger partial charge is 0.224 e. The zero-order chi connectivity index (χ0) is 17.8. The third-order valence-electron chi connectivity index (χ3n) is 6.06. The number of rotatable bonds is 5. The van der Waals surface area contributed by atoms with Gasteiger partial charge < -0.3 is 10.2 Å². The highest BCUT2D eigenvalue weighted by Gasteiger charge is 2.39. The zero-order valence-electron chi connectivity index (χ0n) is 15.2. The number of nitrogens with zero attached hydrogens (tertiary/aromatic N) is 2. The lowest BCUT2D eigenvalue weighted by molar-refractivity contribution is -0.125. The molecule has 136 valence electrons. The minimum atomic E-state index is 0.0543. The van der Waals surface area contributed by atoms with E-state index in [9.17, 15) is 4.79 Å². The molecule has 0 radical (unpaired) electrons. The van der Waals surface area contributed by atoms with Crippen molar-refractivity contribution in [2.45, 2.75) is 37.5 Å². The second-order valence-electron chi connectivity index (χ2n) is 7.69. The molecule has 0 bridgehead atoms. The van der Waals surface area contributed by atoms with Crippen LogP contribution in [0.4, 0.5) is 5.82 Å². The molecule has 4 nitrogen and oxygen atoms in total. The summed E-state index contributed by atoms with van der Waals surface area (Å²) in [6.07, 6.45) is 7.41. The Morgan fingerprint density at radius 2 is 1.92 bits per heavy atom. The first-order valence-electron chi connectivity index (χ1n) is 9.76. The molecule has 2 fully saturated rings. The topological polar surface area (TPSA) is 45.2 Å². The molecule has 2 aromatic rings. The number of nitrogens with one attached hydrogen (secondary N) is 1. The Morgan fingerprint density at radius 3 is 2.62 bits per heavy atom. The summed E-state index contributed by atoms with van der Waals surface area (Å²) in [6.45, 7) is 2.51. The van der Waals surface area contributed by atoms with Crippen molar-refractivity contribution in [3.05, 3.63) is 60.3 Å². The molecule has 1 aliphatic heterocycles. The fourth-order valence-electron chi connectivity index (χ4n) is 4.30. The number of anilines is 1. The van der Waals surface area contributed by atoms with E-state index in [-0.39, 0.29) is 17.2 Å². The fraction of sp³-hybridized carbons (Fsp3) is 0.455. The summed E-state index contributed by atoms with van der Waals surface area (Å²) in [6, 6.07) is 16.6. The minimum Gasteiger partial charge on any atom is -0.356 e. The summed E-state index contributed by atoms with van der Waals surface area (Å²) in [5.74, 6) is 1.23. The minimum absolute atomic E-state index is 0.0543. The normalized spacial score (nSPS) is 21.7. The highest BCUT2D eigenvalue weighted by molar-refractivity contribution is 5.79. The number of benzene rings is 1. The Morgan fingerprint density at radius 1 is 1.12 bits per heavy atom.